The predicted octanol–water partition coefficient (Wildman–Crippen LogP) is 3.06. The number of halogens is 3. The van der Waals surface area contributed by atoms with E-state index in [4.69, 9.17) is 0 Å². The van der Waals surface area contributed by atoms with Crippen LogP contribution in [0.15, 0.2) is 54.6 Å². The van der Waals surface area contributed by atoms with Crippen LogP contribution in [0.1, 0.15) is 42.2 Å². The van der Waals surface area contributed by atoms with Gasteiger partial charge in [-0.2, -0.15) is 13.2 Å². The molecule has 0 saturated carbocycles. The molecule has 0 aliphatic carbocycles. The van der Waals surface area contributed by atoms with Crippen LogP contribution in [0.3, 0.4) is 0 Å². The van der Waals surface area contributed by atoms with Crippen LogP contribution in [0, 0.1) is 0 Å². The summed E-state index contributed by atoms with van der Waals surface area (Å²) < 4.78 is 38.0. The summed E-state index contributed by atoms with van der Waals surface area (Å²) >= 11 is 0. The first kappa shape index (κ1) is 19.9. The fourth-order valence-corrected chi connectivity index (χ4v) is 3.06. The standard InChI is InChI=1S/C20H20F3N3O2/c1-12(13-7-9-15(10-8-13)20(21,22)23)24-19(28)16-11-17(27)26-18(25-16)14-5-3-2-4-6-14/h2-10,12,16,18,25H,11H2,1H3,(H,24,28)(H,26,27)/t12-,16?,18?/m1/s1. The van der Waals surface area contributed by atoms with Crippen molar-refractivity contribution >= 4 is 11.8 Å². The largest absolute Gasteiger partial charge is 0.416 e. The maximum Gasteiger partial charge on any atom is 0.416 e. The van der Waals surface area contributed by atoms with Crippen LogP contribution in [-0.2, 0) is 15.8 Å². The summed E-state index contributed by atoms with van der Waals surface area (Å²) in [7, 11) is 0. The molecule has 3 atom stereocenters. The summed E-state index contributed by atoms with van der Waals surface area (Å²) in [5, 5.41) is 8.63. The van der Waals surface area contributed by atoms with Crippen LogP contribution in [0.4, 0.5) is 13.2 Å². The summed E-state index contributed by atoms with van der Waals surface area (Å²) in [6.45, 7) is 1.68. The number of amides is 2. The van der Waals surface area contributed by atoms with Gasteiger partial charge >= 0.3 is 6.18 Å². The zero-order chi connectivity index (χ0) is 20.3. The summed E-state index contributed by atoms with van der Waals surface area (Å²) in [5.41, 5.74) is 0.622. The Morgan fingerprint density at radius 3 is 2.36 bits per heavy atom. The molecule has 0 radical (unpaired) electrons. The molecule has 3 N–H and O–H groups in total. The van der Waals surface area contributed by atoms with E-state index >= 15 is 0 Å². The molecule has 1 fully saturated rings. The molecule has 1 aliphatic heterocycles. The third-order valence-corrected chi connectivity index (χ3v) is 4.61. The average Bonchev–Trinajstić information content (AvgIpc) is 2.67. The monoisotopic (exact) mass is 391 g/mol. The molecule has 148 valence electrons. The number of hydrogen-bond acceptors (Lipinski definition) is 3. The van der Waals surface area contributed by atoms with Gasteiger partial charge in [-0.05, 0) is 30.2 Å². The molecular formula is C20H20F3N3O2. The number of carbonyl (C=O) groups is 2. The Morgan fingerprint density at radius 1 is 1.11 bits per heavy atom. The van der Waals surface area contributed by atoms with Gasteiger partial charge in [0.2, 0.25) is 11.8 Å². The van der Waals surface area contributed by atoms with Crippen molar-refractivity contribution in [3.8, 4) is 0 Å². The van der Waals surface area contributed by atoms with E-state index < -0.39 is 30.0 Å². The lowest BCUT2D eigenvalue weighted by atomic mass is 10.0. The molecule has 1 saturated heterocycles. The number of nitrogens with one attached hydrogen (secondary N) is 3. The first-order valence-corrected chi connectivity index (χ1v) is 8.82. The van der Waals surface area contributed by atoms with E-state index in [-0.39, 0.29) is 18.2 Å². The minimum atomic E-state index is -4.41. The quantitative estimate of drug-likeness (QED) is 0.750. The molecule has 3 rings (SSSR count). The van der Waals surface area contributed by atoms with Crippen LogP contribution < -0.4 is 16.0 Å². The van der Waals surface area contributed by atoms with Gasteiger partial charge in [0.25, 0.3) is 0 Å². The molecule has 2 unspecified atom stereocenters. The second-order valence-electron chi connectivity index (χ2n) is 6.68. The second kappa shape index (κ2) is 8.02. The molecular weight excluding hydrogens is 371 g/mol. The van der Waals surface area contributed by atoms with E-state index in [2.05, 4.69) is 16.0 Å². The highest BCUT2D eigenvalue weighted by Crippen LogP contribution is 2.30. The minimum absolute atomic E-state index is 0.0189. The van der Waals surface area contributed by atoms with Gasteiger partial charge in [-0.3, -0.25) is 14.9 Å². The Morgan fingerprint density at radius 2 is 1.75 bits per heavy atom. The number of rotatable bonds is 4. The number of carbonyl (C=O) groups excluding carboxylic acids is 2. The van der Waals surface area contributed by atoms with Gasteiger partial charge in [0, 0.05) is 0 Å². The highest BCUT2D eigenvalue weighted by molar-refractivity contribution is 5.89. The fraction of sp³-hybridized carbons (Fsp3) is 0.300. The van der Waals surface area contributed by atoms with Gasteiger partial charge in [-0.15, -0.1) is 0 Å². The van der Waals surface area contributed by atoms with Crippen molar-refractivity contribution in [2.45, 2.75) is 37.8 Å². The molecule has 0 bridgehead atoms. The van der Waals surface area contributed by atoms with E-state index in [9.17, 15) is 22.8 Å². The van der Waals surface area contributed by atoms with Crippen LogP contribution in [0.2, 0.25) is 0 Å². The van der Waals surface area contributed by atoms with Crippen LogP contribution in [0.25, 0.3) is 0 Å². The Kier molecular flexibility index (Phi) is 5.69. The van der Waals surface area contributed by atoms with E-state index in [1.54, 1.807) is 6.92 Å². The summed E-state index contributed by atoms with van der Waals surface area (Å²) in [5.74, 6) is -0.641. The zero-order valence-corrected chi connectivity index (χ0v) is 15.1. The van der Waals surface area contributed by atoms with Crippen LogP contribution in [0.5, 0.6) is 0 Å². The molecule has 0 spiro atoms. The van der Waals surface area contributed by atoms with Crippen LogP contribution >= 0.6 is 0 Å². The van der Waals surface area contributed by atoms with Crippen molar-refractivity contribution in [3.05, 3.63) is 71.3 Å². The molecule has 28 heavy (non-hydrogen) atoms. The van der Waals surface area contributed by atoms with Gasteiger partial charge in [-0.25, -0.2) is 0 Å². The highest BCUT2D eigenvalue weighted by Gasteiger charge is 2.32. The molecule has 8 heteroatoms. The number of hydrogen-bond donors (Lipinski definition) is 3. The lowest BCUT2D eigenvalue weighted by Gasteiger charge is -2.31. The maximum absolute atomic E-state index is 12.7. The third kappa shape index (κ3) is 4.69. The minimum Gasteiger partial charge on any atom is -0.348 e. The topological polar surface area (TPSA) is 70.2 Å². The fourth-order valence-electron chi connectivity index (χ4n) is 3.06. The van der Waals surface area contributed by atoms with E-state index in [1.807, 2.05) is 30.3 Å². The average molecular weight is 391 g/mol. The molecule has 5 nitrogen and oxygen atoms in total. The molecule has 2 amide bonds. The predicted molar refractivity (Wildman–Crippen MR) is 96.9 cm³/mol. The van der Waals surface area contributed by atoms with Crippen molar-refractivity contribution < 1.29 is 22.8 Å². The number of alkyl halides is 3. The molecule has 2 aromatic carbocycles. The maximum atomic E-state index is 12.7. The Bertz CT molecular complexity index is 838. The van der Waals surface area contributed by atoms with E-state index in [0.29, 0.717) is 5.56 Å². The van der Waals surface area contributed by atoms with Crippen molar-refractivity contribution in [2.75, 3.05) is 0 Å². The van der Waals surface area contributed by atoms with Gasteiger partial charge in [0.05, 0.1) is 24.1 Å². The Balaban J connectivity index is 1.65. The lowest BCUT2D eigenvalue weighted by molar-refractivity contribution is -0.137. The Labute approximate surface area is 160 Å². The molecule has 2 aromatic rings. The zero-order valence-electron chi connectivity index (χ0n) is 15.1. The smallest absolute Gasteiger partial charge is 0.348 e. The number of benzene rings is 2. The van der Waals surface area contributed by atoms with E-state index in [0.717, 1.165) is 17.7 Å². The van der Waals surface area contributed by atoms with E-state index in [1.165, 1.54) is 12.1 Å². The van der Waals surface area contributed by atoms with Gasteiger partial charge in [0.15, 0.2) is 0 Å². The molecule has 1 heterocycles. The normalized spacial score (nSPS) is 20.9. The Hall–Kier alpha value is -2.87. The van der Waals surface area contributed by atoms with Crippen molar-refractivity contribution in [2.24, 2.45) is 0 Å². The second-order valence-corrected chi connectivity index (χ2v) is 6.68. The third-order valence-electron chi connectivity index (χ3n) is 4.61. The summed E-state index contributed by atoms with van der Waals surface area (Å²) in [6.07, 6.45) is -4.91. The van der Waals surface area contributed by atoms with Crippen LogP contribution in [-0.4, -0.2) is 17.9 Å². The summed E-state index contributed by atoms with van der Waals surface area (Å²) in [4.78, 5) is 24.6. The molecule has 0 aromatic heterocycles. The van der Waals surface area contributed by atoms with Gasteiger partial charge in [-0.1, -0.05) is 42.5 Å². The summed E-state index contributed by atoms with van der Waals surface area (Å²) in [6, 6.07) is 12.6. The van der Waals surface area contributed by atoms with Crippen molar-refractivity contribution in [1.82, 2.24) is 16.0 Å². The first-order valence-electron chi connectivity index (χ1n) is 8.82. The van der Waals surface area contributed by atoms with Gasteiger partial charge < -0.3 is 10.6 Å². The van der Waals surface area contributed by atoms with Crippen molar-refractivity contribution in [3.63, 3.8) is 0 Å². The first-order chi connectivity index (χ1) is 13.2. The lowest BCUT2D eigenvalue weighted by Crippen LogP contribution is -2.56. The van der Waals surface area contributed by atoms with Crippen molar-refractivity contribution in [1.29, 1.82) is 0 Å². The molecule has 1 aliphatic rings. The SMILES string of the molecule is C[C@@H](NC(=O)C1CC(=O)NC(c2ccccc2)N1)c1ccc(C(F)(F)F)cc1. The highest BCUT2D eigenvalue weighted by atomic mass is 19.4. The van der Waals surface area contributed by atoms with Gasteiger partial charge in [0.1, 0.15) is 6.17 Å².